The normalized spacial score (nSPS) is 12.5. The minimum atomic E-state index is -3.43. The number of amides is 1. The highest BCUT2D eigenvalue weighted by atomic mass is 32.2. The van der Waals surface area contributed by atoms with Crippen molar-refractivity contribution in [2.75, 3.05) is 17.1 Å². The second-order valence-corrected chi connectivity index (χ2v) is 10.0. The first-order chi connectivity index (χ1) is 14.0. The third-order valence-electron chi connectivity index (χ3n) is 5.48. The number of nitrogens with one attached hydrogen (secondary N) is 1. The molecule has 30 heavy (non-hydrogen) atoms. The van der Waals surface area contributed by atoms with Gasteiger partial charge in [-0.2, -0.15) is 0 Å². The van der Waals surface area contributed by atoms with Gasteiger partial charge in [-0.3, -0.25) is 9.10 Å². The van der Waals surface area contributed by atoms with Crippen LogP contribution in [0, 0.1) is 27.7 Å². The van der Waals surface area contributed by atoms with Crippen molar-refractivity contribution in [3.63, 3.8) is 0 Å². The molecule has 0 radical (unpaired) electrons. The predicted molar refractivity (Wildman–Crippen MR) is 124 cm³/mol. The average Bonchev–Trinajstić information content (AvgIpc) is 2.67. The van der Waals surface area contributed by atoms with Crippen LogP contribution >= 0.6 is 0 Å². The minimum absolute atomic E-state index is 0.0400. The average molecular weight is 431 g/mol. The van der Waals surface area contributed by atoms with E-state index in [2.05, 4.69) is 37.4 Å². The zero-order valence-electron chi connectivity index (χ0n) is 19.0. The molecule has 1 amide bonds. The van der Waals surface area contributed by atoms with Gasteiger partial charge in [0.25, 0.3) is 0 Å². The Morgan fingerprint density at radius 2 is 1.67 bits per heavy atom. The van der Waals surface area contributed by atoms with Crippen LogP contribution in [0.1, 0.15) is 60.0 Å². The lowest BCUT2D eigenvalue weighted by Crippen LogP contribution is -2.33. The Morgan fingerprint density at radius 3 is 2.27 bits per heavy atom. The Labute approximate surface area is 181 Å². The zero-order valence-corrected chi connectivity index (χ0v) is 19.8. The summed E-state index contributed by atoms with van der Waals surface area (Å²) in [6, 6.07) is 12.0. The third kappa shape index (κ3) is 6.33. The number of hydrogen-bond donors (Lipinski definition) is 1. The molecule has 1 N–H and O–H groups in total. The fraction of sp³-hybridized carbons (Fsp3) is 0.458. The van der Waals surface area contributed by atoms with Gasteiger partial charge >= 0.3 is 0 Å². The van der Waals surface area contributed by atoms with Crippen molar-refractivity contribution in [3.8, 4) is 0 Å². The number of rotatable bonds is 9. The fourth-order valence-electron chi connectivity index (χ4n) is 3.51. The highest BCUT2D eigenvalue weighted by molar-refractivity contribution is 7.92. The van der Waals surface area contributed by atoms with Crippen LogP contribution in [-0.4, -0.2) is 27.1 Å². The first-order valence-electron chi connectivity index (χ1n) is 10.4. The Hall–Kier alpha value is -2.34. The van der Waals surface area contributed by atoms with Crippen molar-refractivity contribution >= 4 is 21.6 Å². The smallest absolute Gasteiger partial charge is 0.232 e. The van der Waals surface area contributed by atoms with Gasteiger partial charge < -0.3 is 5.32 Å². The summed E-state index contributed by atoms with van der Waals surface area (Å²) in [6.45, 7) is 10.3. The molecule has 2 rings (SSSR count). The number of carbonyl (C=O) groups excluding carboxylic acids is 1. The maximum absolute atomic E-state index is 12.5. The van der Waals surface area contributed by atoms with E-state index in [1.54, 1.807) is 0 Å². The van der Waals surface area contributed by atoms with E-state index in [1.165, 1.54) is 21.7 Å². The van der Waals surface area contributed by atoms with E-state index < -0.39 is 10.0 Å². The Bertz CT molecular complexity index is 1000. The van der Waals surface area contributed by atoms with Crippen molar-refractivity contribution in [2.24, 2.45) is 0 Å². The molecule has 5 nitrogen and oxygen atoms in total. The minimum Gasteiger partial charge on any atom is -0.349 e. The summed E-state index contributed by atoms with van der Waals surface area (Å²) in [4.78, 5) is 12.5. The molecule has 0 unspecified atom stereocenters. The van der Waals surface area contributed by atoms with Gasteiger partial charge in [-0.25, -0.2) is 8.42 Å². The van der Waals surface area contributed by atoms with E-state index in [0.717, 1.165) is 23.1 Å². The summed E-state index contributed by atoms with van der Waals surface area (Å²) in [5.41, 5.74) is 6.11. The standard InChI is InChI=1S/C24H34N2O3S/c1-7-22(21-13-12-18(3)20(5)16-21)25-24(27)9-8-14-26(30(6,28)29)23-15-17(2)10-11-19(23)4/h10-13,15-16,22H,7-9,14H2,1-6H3,(H,25,27)/t22-/m0/s1. The van der Waals surface area contributed by atoms with Gasteiger partial charge in [-0.05, 0) is 74.4 Å². The lowest BCUT2D eigenvalue weighted by atomic mass is 9.99. The van der Waals surface area contributed by atoms with Gasteiger partial charge in [-0.15, -0.1) is 0 Å². The van der Waals surface area contributed by atoms with Gasteiger partial charge in [-0.1, -0.05) is 37.3 Å². The molecular formula is C24H34N2O3S. The zero-order chi connectivity index (χ0) is 22.5. The molecule has 0 aliphatic rings. The summed E-state index contributed by atoms with van der Waals surface area (Å²) in [6.07, 6.45) is 2.74. The second-order valence-electron chi connectivity index (χ2n) is 8.10. The first kappa shape index (κ1) is 23.9. The van der Waals surface area contributed by atoms with Crippen LogP contribution in [0.2, 0.25) is 0 Å². The Kier molecular flexibility index (Phi) is 8.07. The highest BCUT2D eigenvalue weighted by Crippen LogP contribution is 2.25. The molecule has 164 valence electrons. The molecule has 6 heteroatoms. The van der Waals surface area contributed by atoms with Crippen LogP contribution in [0.5, 0.6) is 0 Å². The molecule has 0 spiro atoms. The molecule has 0 heterocycles. The van der Waals surface area contributed by atoms with E-state index in [0.29, 0.717) is 12.1 Å². The molecule has 0 saturated carbocycles. The van der Waals surface area contributed by atoms with Crippen LogP contribution in [-0.2, 0) is 14.8 Å². The third-order valence-corrected chi connectivity index (χ3v) is 6.66. The Morgan fingerprint density at radius 1 is 1.00 bits per heavy atom. The van der Waals surface area contributed by atoms with Crippen molar-refractivity contribution < 1.29 is 13.2 Å². The van der Waals surface area contributed by atoms with Crippen LogP contribution in [0.25, 0.3) is 0 Å². The SMILES string of the molecule is CC[C@H](NC(=O)CCCN(c1cc(C)ccc1C)S(C)(=O)=O)c1ccc(C)c(C)c1. The van der Waals surface area contributed by atoms with Gasteiger partial charge in [0.05, 0.1) is 18.0 Å². The number of aryl methyl sites for hydroxylation is 4. The fourth-order valence-corrected chi connectivity index (χ4v) is 4.52. The van der Waals surface area contributed by atoms with Gasteiger partial charge in [0.2, 0.25) is 15.9 Å². The summed E-state index contributed by atoms with van der Waals surface area (Å²) >= 11 is 0. The first-order valence-corrected chi connectivity index (χ1v) is 12.3. The summed E-state index contributed by atoms with van der Waals surface area (Å²) in [5.74, 6) is -0.0607. The molecule has 1 atom stereocenters. The molecule has 2 aromatic rings. The molecule has 0 bridgehead atoms. The summed E-state index contributed by atoms with van der Waals surface area (Å²) < 4.78 is 26.1. The topological polar surface area (TPSA) is 66.5 Å². The van der Waals surface area contributed by atoms with E-state index in [-0.39, 0.29) is 24.9 Å². The molecule has 2 aromatic carbocycles. The number of nitrogens with zero attached hydrogens (tertiary/aromatic N) is 1. The largest absolute Gasteiger partial charge is 0.349 e. The molecule has 0 aliphatic heterocycles. The molecular weight excluding hydrogens is 396 g/mol. The number of hydrogen-bond acceptors (Lipinski definition) is 3. The number of carbonyl (C=O) groups is 1. The monoisotopic (exact) mass is 430 g/mol. The summed E-state index contributed by atoms with van der Waals surface area (Å²) in [7, 11) is -3.43. The van der Waals surface area contributed by atoms with Crippen LogP contribution < -0.4 is 9.62 Å². The molecule has 0 fully saturated rings. The lowest BCUT2D eigenvalue weighted by Gasteiger charge is -2.25. The van der Waals surface area contributed by atoms with E-state index in [1.807, 2.05) is 39.0 Å². The van der Waals surface area contributed by atoms with Crippen molar-refractivity contribution in [1.29, 1.82) is 0 Å². The molecule has 0 aromatic heterocycles. The van der Waals surface area contributed by atoms with E-state index in [9.17, 15) is 13.2 Å². The van der Waals surface area contributed by atoms with Gasteiger partial charge in [0.15, 0.2) is 0 Å². The quantitative estimate of drug-likeness (QED) is 0.625. The predicted octanol–water partition coefficient (Wildman–Crippen LogP) is 4.73. The van der Waals surface area contributed by atoms with Gasteiger partial charge in [0.1, 0.15) is 0 Å². The van der Waals surface area contributed by atoms with Crippen LogP contribution in [0.4, 0.5) is 5.69 Å². The van der Waals surface area contributed by atoms with Gasteiger partial charge in [0, 0.05) is 13.0 Å². The summed E-state index contributed by atoms with van der Waals surface area (Å²) in [5, 5.41) is 3.10. The van der Waals surface area contributed by atoms with Crippen LogP contribution in [0.3, 0.4) is 0 Å². The number of benzene rings is 2. The van der Waals surface area contributed by atoms with E-state index in [4.69, 9.17) is 0 Å². The molecule has 0 aliphatic carbocycles. The van der Waals surface area contributed by atoms with E-state index >= 15 is 0 Å². The van der Waals surface area contributed by atoms with Crippen LogP contribution in [0.15, 0.2) is 36.4 Å². The Balaban J connectivity index is 2.03. The van der Waals surface area contributed by atoms with Crippen molar-refractivity contribution in [3.05, 3.63) is 64.2 Å². The van der Waals surface area contributed by atoms with Crippen molar-refractivity contribution in [1.82, 2.24) is 5.32 Å². The highest BCUT2D eigenvalue weighted by Gasteiger charge is 2.20. The molecule has 0 saturated heterocycles. The maximum Gasteiger partial charge on any atom is 0.232 e. The van der Waals surface area contributed by atoms with Crippen molar-refractivity contribution in [2.45, 2.75) is 59.9 Å². The number of sulfonamides is 1. The maximum atomic E-state index is 12.5. The number of anilines is 1. The second kappa shape index (κ2) is 10.1. The lowest BCUT2D eigenvalue weighted by molar-refractivity contribution is -0.121.